The summed E-state index contributed by atoms with van der Waals surface area (Å²) >= 11 is 0. The second kappa shape index (κ2) is 8.52. The molecule has 0 spiro atoms. The normalized spacial score (nSPS) is 18.4. The molecule has 0 aromatic heterocycles. The van der Waals surface area contributed by atoms with Crippen LogP contribution in [0.4, 0.5) is 0 Å². The standard InChI is InChI=1S/C16H28O/c1-14(2)9-7-8-10-15(3)13-17-16-11-5-4-6-12-16/h10,16H,1,4-9,11-13H2,2-3H3/b15-10+. The van der Waals surface area contributed by atoms with Crippen molar-refractivity contribution in [3.63, 3.8) is 0 Å². The topological polar surface area (TPSA) is 9.23 Å². The Bertz CT molecular complexity index is 246. The SMILES string of the molecule is C=C(C)CCC/C=C(\C)COC1CCCCC1. The maximum absolute atomic E-state index is 5.94. The number of rotatable bonds is 7. The van der Waals surface area contributed by atoms with E-state index in [0.29, 0.717) is 6.10 Å². The summed E-state index contributed by atoms with van der Waals surface area (Å²) in [6, 6.07) is 0. The summed E-state index contributed by atoms with van der Waals surface area (Å²) in [5.41, 5.74) is 2.67. The predicted molar refractivity (Wildman–Crippen MR) is 75.2 cm³/mol. The molecule has 0 aromatic rings. The Morgan fingerprint density at radius 3 is 2.59 bits per heavy atom. The van der Waals surface area contributed by atoms with E-state index in [0.717, 1.165) is 19.4 Å². The fourth-order valence-electron chi connectivity index (χ4n) is 2.29. The lowest BCUT2D eigenvalue weighted by Gasteiger charge is -2.22. The summed E-state index contributed by atoms with van der Waals surface area (Å²) < 4.78 is 5.94. The lowest BCUT2D eigenvalue weighted by Crippen LogP contribution is -2.17. The van der Waals surface area contributed by atoms with Gasteiger partial charge in [-0.2, -0.15) is 0 Å². The molecule has 0 N–H and O–H groups in total. The van der Waals surface area contributed by atoms with Gasteiger partial charge < -0.3 is 4.74 Å². The first-order valence-corrected chi connectivity index (χ1v) is 7.10. The van der Waals surface area contributed by atoms with Gasteiger partial charge in [0.05, 0.1) is 12.7 Å². The summed E-state index contributed by atoms with van der Waals surface area (Å²) in [4.78, 5) is 0. The summed E-state index contributed by atoms with van der Waals surface area (Å²) in [5, 5.41) is 0. The lowest BCUT2D eigenvalue weighted by atomic mass is 9.98. The number of unbranched alkanes of at least 4 members (excludes halogenated alkanes) is 1. The predicted octanol–water partition coefficient (Wildman–Crippen LogP) is 5.03. The van der Waals surface area contributed by atoms with Gasteiger partial charge in [0.2, 0.25) is 0 Å². The largest absolute Gasteiger partial charge is 0.374 e. The summed E-state index contributed by atoms with van der Waals surface area (Å²) in [6.07, 6.45) is 13.0. The molecule has 0 bridgehead atoms. The highest BCUT2D eigenvalue weighted by molar-refractivity contribution is 4.99. The van der Waals surface area contributed by atoms with Crippen LogP contribution in [0, 0.1) is 0 Å². The van der Waals surface area contributed by atoms with Gasteiger partial charge in [0, 0.05) is 0 Å². The monoisotopic (exact) mass is 236 g/mol. The van der Waals surface area contributed by atoms with Gasteiger partial charge in [0.25, 0.3) is 0 Å². The lowest BCUT2D eigenvalue weighted by molar-refractivity contribution is 0.0426. The van der Waals surface area contributed by atoms with Gasteiger partial charge in [0.1, 0.15) is 0 Å². The molecule has 1 aliphatic carbocycles. The molecular weight excluding hydrogens is 208 g/mol. The van der Waals surface area contributed by atoms with Gasteiger partial charge in [-0.1, -0.05) is 36.5 Å². The van der Waals surface area contributed by atoms with Crippen molar-refractivity contribution in [2.75, 3.05) is 6.61 Å². The minimum absolute atomic E-state index is 0.530. The summed E-state index contributed by atoms with van der Waals surface area (Å²) in [5.74, 6) is 0. The molecule has 0 amide bonds. The minimum atomic E-state index is 0.530. The second-order valence-electron chi connectivity index (χ2n) is 5.47. The zero-order chi connectivity index (χ0) is 12.5. The van der Waals surface area contributed by atoms with E-state index in [4.69, 9.17) is 4.74 Å². The highest BCUT2D eigenvalue weighted by atomic mass is 16.5. The third-order valence-electron chi connectivity index (χ3n) is 3.40. The van der Waals surface area contributed by atoms with Crippen LogP contribution in [0.3, 0.4) is 0 Å². The molecule has 0 unspecified atom stereocenters. The third kappa shape index (κ3) is 7.38. The van der Waals surface area contributed by atoms with Crippen molar-refractivity contribution in [3.05, 3.63) is 23.8 Å². The first kappa shape index (κ1) is 14.5. The van der Waals surface area contributed by atoms with Crippen LogP contribution < -0.4 is 0 Å². The van der Waals surface area contributed by atoms with E-state index in [9.17, 15) is 0 Å². The number of hydrogen-bond acceptors (Lipinski definition) is 1. The molecule has 1 fully saturated rings. The Morgan fingerprint density at radius 1 is 1.24 bits per heavy atom. The van der Waals surface area contributed by atoms with Crippen LogP contribution >= 0.6 is 0 Å². The minimum Gasteiger partial charge on any atom is -0.374 e. The van der Waals surface area contributed by atoms with Crippen LogP contribution in [0.2, 0.25) is 0 Å². The van der Waals surface area contributed by atoms with Gasteiger partial charge in [0.15, 0.2) is 0 Å². The van der Waals surface area contributed by atoms with Crippen molar-refractivity contribution in [2.24, 2.45) is 0 Å². The molecule has 1 saturated carbocycles. The number of hydrogen-bond donors (Lipinski definition) is 0. The van der Waals surface area contributed by atoms with E-state index in [-0.39, 0.29) is 0 Å². The molecule has 98 valence electrons. The summed E-state index contributed by atoms with van der Waals surface area (Å²) in [6.45, 7) is 9.04. The van der Waals surface area contributed by atoms with E-state index >= 15 is 0 Å². The van der Waals surface area contributed by atoms with Crippen LogP contribution in [-0.2, 0) is 4.74 Å². The van der Waals surface area contributed by atoms with Crippen LogP contribution in [0.15, 0.2) is 23.8 Å². The zero-order valence-corrected chi connectivity index (χ0v) is 11.6. The van der Waals surface area contributed by atoms with Crippen LogP contribution in [0.5, 0.6) is 0 Å². The van der Waals surface area contributed by atoms with E-state index < -0.39 is 0 Å². The van der Waals surface area contributed by atoms with Crippen LogP contribution in [-0.4, -0.2) is 12.7 Å². The molecule has 1 heteroatoms. The van der Waals surface area contributed by atoms with Crippen molar-refractivity contribution < 1.29 is 4.74 Å². The molecule has 0 saturated heterocycles. The Hall–Kier alpha value is -0.560. The van der Waals surface area contributed by atoms with Gasteiger partial charge in [-0.05, 0) is 46.0 Å². The van der Waals surface area contributed by atoms with Gasteiger partial charge in [-0.15, -0.1) is 6.58 Å². The Balaban J connectivity index is 2.08. The van der Waals surface area contributed by atoms with Crippen LogP contribution in [0.25, 0.3) is 0 Å². The molecule has 1 aliphatic rings. The summed E-state index contributed by atoms with van der Waals surface area (Å²) in [7, 11) is 0. The van der Waals surface area contributed by atoms with Gasteiger partial charge >= 0.3 is 0 Å². The first-order valence-electron chi connectivity index (χ1n) is 7.10. The molecule has 0 atom stereocenters. The van der Waals surface area contributed by atoms with Crippen molar-refractivity contribution in [3.8, 4) is 0 Å². The highest BCUT2D eigenvalue weighted by Gasteiger charge is 2.13. The Morgan fingerprint density at radius 2 is 1.94 bits per heavy atom. The molecule has 1 nitrogen and oxygen atoms in total. The van der Waals surface area contributed by atoms with Crippen molar-refractivity contribution >= 4 is 0 Å². The third-order valence-corrected chi connectivity index (χ3v) is 3.40. The smallest absolute Gasteiger partial charge is 0.0677 e. The number of ether oxygens (including phenoxy) is 1. The molecule has 0 heterocycles. The molecule has 17 heavy (non-hydrogen) atoms. The fourth-order valence-corrected chi connectivity index (χ4v) is 2.29. The van der Waals surface area contributed by atoms with Gasteiger partial charge in [-0.3, -0.25) is 0 Å². The Labute approximate surface area is 107 Å². The number of allylic oxidation sites excluding steroid dienone is 2. The van der Waals surface area contributed by atoms with E-state index in [1.807, 2.05) is 0 Å². The molecule has 0 radical (unpaired) electrons. The maximum Gasteiger partial charge on any atom is 0.0677 e. The van der Waals surface area contributed by atoms with Crippen molar-refractivity contribution in [1.82, 2.24) is 0 Å². The average Bonchev–Trinajstić information content (AvgIpc) is 2.33. The van der Waals surface area contributed by atoms with E-state index in [1.54, 1.807) is 0 Å². The fraction of sp³-hybridized carbons (Fsp3) is 0.750. The first-order chi connectivity index (χ1) is 8.18. The highest BCUT2D eigenvalue weighted by Crippen LogP contribution is 2.20. The molecule has 0 aliphatic heterocycles. The zero-order valence-electron chi connectivity index (χ0n) is 11.6. The van der Waals surface area contributed by atoms with Gasteiger partial charge in [-0.25, -0.2) is 0 Å². The van der Waals surface area contributed by atoms with E-state index in [2.05, 4.69) is 26.5 Å². The average molecular weight is 236 g/mol. The molecule has 0 aromatic carbocycles. The maximum atomic E-state index is 5.94. The van der Waals surface area contributed by atoms with Crippen molar-refractivity contribution in [2.45, 2.75) is 71.3 Å². The second-order valence-corrected chi connectivity index (χ2v) is 5.47. The Kier molecular flexibility index (Phi) is 7.27. The van der Waals surface area contributed by atoms with Crippen molar-refractivity contribution in [1.29, 1.82) is 0 Å². The quantitative estimate of drug-likeness (QED) is 0.445. The van der Waals surface area contributed by atoms with E-state index in [1.165, 1.54) is 49.7 Å². The molecular formula is C16H28O. The van der Waals surface area contributed by atoms with Crippen LogP contribution in [0.1, 0.15) is 65.2 Å². The molecule has 1 rings (SSSR count).